The summed E-state index contributed by atoms with van der Waals surface area (Å²) < 4.78 is 0. The lowest BCUT2D eigenvalue weighted by molar-refractivity contribution is 0.915. The first-order chi connectivity index (χ1) is 9.74. The van der Waals surface area contributed by atoms with Gasteiger partial charge in [0, 0.05) is 5.92 Å². The second-order valence-corrected chi connectivity index (χ2v) is 5.64. The minimum atomic E-state index is 0.379. The Morgan fingerprint density at radius 2 is 1.45 bits per heavy atom. The Morgan fingerprint density at radius 3 is 1.90 bits per heavy atom. The fraction of sp³-hybridized carbons (Fsp3) is 0.200. The molecule has 0 spiro atoms. The van der Waals surface area contributed by atoms with Crippen molar-refractivity contribution in [2.75, 3.05) is 0 Å². The molecule has 1 aliphatic carbocycles. The van der Waals surface area contributed by atoms with Crippen molar-refractivity contribution >= 4 is 0 Å². The highest BCUT2D eigenvalue weighted by Gasteiger charge is 2.19. The quantitative estimate of drug-likeness (QED) is 0.700. The molecule has 0 heterocycles. The SMILES string of the molecule is Cc1cccc(C(C2=CC=CC2)c2cccc(C)c2)c1. The Bertz CT molecular complexity index is 628. The van der Waals surface area contributed by atoms with Crippen LogP contribution in [0.4, 0.5) is 0 Å². The minimum Gasteiger partial charge on any atom is -0.0804 e. The van der Waals surface area contributed by atoms with Crippen molar-refractivity contribution in [3.63, 3.8) is 0 Å². The first-order valence-corrected chi connectivity index (χ1v) is 7.23. The van der Waals surface area contributed by atoms with Gasteiger partial charge in [0.2, 0.25) is 0 Å². The van der Waals surface area contributed by atoms with Crippen LogP contribution in [0.1, 0.15) is 34.6 Å². The molecule has 20 heavy (non-hydrogen) atoms. The van der Waals surface area contributed by atoms with E-state index < -0.39 is 0 Å². The number of benzene rings is 2. The molecule has 0 atom stereocenters. The number of allylic oxidation sites excluding steroid dienone is 4. The summed E-state index contributed by atoms with van der Waals surface area (Å²) in [7, 11) is 0. The summed E-state index contributed by atoms with van der Waals surface area (Å²) in [6, 6.07) is 17.8. The fourth-order valence-corrected chi connectivity index (χ4v) is 3.00. The van der Waals surface area contributed by atoms with Crippen LogP contribution in [0.3, 0.4) is 0 Å². The third kappa shape index (κ3) is 2.60. The van der Waals surface area contributed by atoms with Crippen molar-refractivity contribution in [2.45, 2.75) is 26.2 Å². The van der Waals surface area contributed by atoms with Gasteiger partial charge in [-0.3, -0.25) is 0 Å². The Morgan fingerprint density at radius 1 is 0.850 bits per heavy atom. The van der Waals surface area contributed by atoms with Crippen LogP contribution in [0.25, 0.3) is 0 Å². The summed E-state index contributed by atoms with van der Waals surface area (Å²) in [5.41, 5.74) is 6.93. The van der Waals surface area contributed by atoms with Gasteiger partial charge in [0.25, 0.3) is 0 Å². The van der Waals surface area contributed by atoms with Gasteiger partial charge < -0.3 is 0 Å². The lowest BCUT2D eigenvalue weighted by atomic mass is 9.83. The van der Waals surface area contributed by atoms with Crippen molar-refractivity contribution in [1.29, 1.82) is 0 Å². The molecular formula is C20H20. The monoisotopic (exact) mass is 260 g/mol. The Hall–Kier alpha value is -2.08. The Labute approximate surface area is 121 Å². The zero-order valence-electron chi connectivity index (χ0n) is 12.1. The molecule has 0 heteroatoms. The van der Waals surface area contributed by atoms with E-state index in [1.807, 2.05) is 0 Å². The van der Waals surface area contributed by atoms with E-state index in [1.165, 1.54) is 27.8 Å². The third-order valence-corrected chi connectivity index (χ3v) is 3.92. The minimum absolute atomic E-state index is 0.379. The molecule has 0 aromatic heterocycles. The fourth-order valence-electron chi connectivity index (χ4n) is 3.00. The van der Waals surface area contributed by atoms with Crippen molar-refractivity contribution in [2.24, 2.45) is 0 Å². The summed E-state index contributed by atoms with van der Waals surface area (Å²) in [6.07, 6.45) is 7.75. The van der Waals surface area contributed by atoms with Gasteiger partial charge in [0.15, 0.2) is 0 Å². The lowest BCUT2D eigenvalue weighted by Crippen LogP contribution is -2.04. The second kappa shape index (κ2) is 5.50. The lowest BCUT2D eigenvalue weighted by Gasteiger charge is -2.21. The van der Waals surface area contributed by atoms with Crippen LogP contribution in [0.15, 0.2) is 72.3 Å². The predicted molar refractivity (Wildman–Crippen MR) is 86.0 cm³/mol. The van der Waals surface area contributed by atoms with Crippen LogP contribution < -0.4 is 0 Å². The van der Waals surface area contributed by atoms with Crippen molar-refractivity contribution in [1.82, 2.24) is 0 Å². The van der Waals surface area contributed by atoms with Crippen LogP contribution in [0.5, 0.6) is 0 Å². The topological polar surface area (TPSA) is 0 Å². The Kier molecular flexibility index (Phi) is 3.56. The summed E-state index contributed by atoms with van der Waals surface area (Å²) >= 11 is 0. The average molecular weight is 260 g/mol. The van der Waals surface area contributed by atoms with E-state index >= 15 is 0 Å². The van der Waals surface area contributed by atoms with Crippen LogP contribution in [0, 0.1) is 13.8 Å². The molecule has 0 saturated heterocycles. The second-order valence-electron chi connectivity index (χ2n) is 5.64. The van der Waals surface area contributed by atoms with Gasteiger partial charge in [-0.15, -0.1) is 0 Å². The maximum Gasteiger partial charge on any atom is 0.0305 e. The maximum atomic E-state index is 2.31. The van der Waals surface area contributed by atoms with Gasteiger partial charge in [0.05, 0.1) is 0 Å². The van der Waals surface area contributed by atoms with Crippen molar-refractivity contribution in [3.05, 3.63) is 94.6 Å². The molecule has 0 fully saturated rings. The molecule has 0 radical (unpaired) electrons. The van der Waals surface area contributed by atoms with E-state index in [4.69, 9.17) is 0 Å². The molecule has 0 aliphatic heterocycles. The number of hydrogen-bond acceptors (Lipinski definition) is 0. The molecule has 0 N–H and O–H groups in total. The molecule has 2 aromatic rings. The number of aryl methyl sites for hydroxylation is 2. The summed E-state index contributed by atoms with van der Waals surface area (Å²) in [5, 5.41) is 0. The molecular weight excluding hydrogens is 240 g/mol. The molecule has 3 rings (SSSR count). The molecule has 2 aromatic carbocycles. The molecule has 0 bridgehead atoms. The maximum absolute atomic E-state index is 2.31. The van der Waals surface area contributed by atoms with E-state index in [9.17, 15) is 0 Å². The first kappa shape index (κ1) is 12.9. The normalized spacial score (nSPS) is 13.8. The van der Waals surface area contributed by atoms with Gasteiger partial charge in [-0.25, -0.2) is 0 Å². The van der Waals surface area contributed by atoms with Gasteiger partial charge in [-0.2, -0.15) is 0 Å². The number of hydrogen-bond donors (Lipinski definition) is 0. The van der Waals surface area contributed by atoms with E-state index in [1.54, 1.807) is 0 Å². The largest absolute Gasteiger partial charge is 0.0804 e. The van der Waals surface area contributed by atoms with E-state index in [0.29, 0.717) is 5.92 Å². The van der Waals surface area contributed by atoms with Gasteiger partial charge in [-0.05, 0) is 31.4 Å². The molecule has 0 nitrogen and oxygen atoms in total. The smallest absolute Gasteiger partial charge is 0.0305 e. The number of rotatable bonds is 3. The summed E-state index contributed by atoms with van der Waals surface area (Å²) in [4.78, 5) is 0. The van der Waals surface area contributed by atoms with Crippen LogP contribution in [-0.4, -0.2) is 0 Å². The predicted octanol–water partition coefficient (Wildman–Crippen LogP) is 5.32. The van der Waals surface area contributed by atoms with Crippen LogP contribution in [0.2, 0.25) is 0 Å². The molecule has 0 unspecified atom stereocenters. The molecule has 1 aliphatic rings. The van der Waals surface area contributed by atoms with Crippen LogP contribution in [-0.2, 0) is 0 Å². The average Bonchev–Trinajstić information content (AvgIpc) is 2.93. The van der Waals surface area contributed by atoms with Gasteiger partial charge in [0.1, 0.15) is 0 Å². The first-order valence-electron chi connectivity index (χ1n) is 7.23. The van der Waals surface area contributed by atoms with Crippen LogP contribution >= 0.6 is 0 Å². The highest BCUT2D eigenvalue weighted by molar-refractivity contribution is 5.46. The molecule has 0 saturated carbocycles. The summed E-state index contributed by atoms with van der Waals surface area (Å²) in [5.74, 6) is 0.379. The highest BCUT2D eigenvalue weighted by Crippen LogP contribution is 2.36. The Balaban J connectivity index is 2.09. The molecule has 0 amide bonds. The van der Waals surface area contributed by atoms with Gasteiger partial charge >= 0.3 is 0 Å². The van der Waals surface area contributed by atoms with Gasteiger partial charge in [-0.1, -0.05) is 83.5 Å². The molecule has 100 valence electrons. The highest BCUT2D eigenvalue weighted by atomic mass is 14.2. The van der Waals surface area contributed by atoms with E-state index in [2.05, 4.69) is 80.6 Å². The standard InChI is InChI=1S/C20H20/c1-15-7-5-11-18(13-15)20(17-9-3-4-10-17)19-12-6-8-16(2)14-19/h3-9,11-14,20H,10H2,1-2H3. The zero-order valence-corrected chi connectivity index (χ0v) is 12.1. The van der Waals surface area contributed by atoms with E-state index in [-0.39, 0.29) is 0 Å². The van der Waals surface area contributed by atoms with Crippen molar-refractivity contribution < 1.29 is 0 Å². The van der Waals surface area contributed by atoms with E-state index in [0.717, 1.165) is 6.42 Å². The van der Waals surface area contributed by atoms with Crippen molar-refractivity contribution in [3.8, 4) is 0 Å². The summed E-state index contributed by atoms with van der Waals surface area (Å²) in [6.45, 7) is 4.33. The third-order valence-electron chi connectivity index (χ3n) is 3.92. The zero-order chi connectivity index (χ0) is 13.9.